The van der Waals surface area contributed by atoms with Crippen molar-refractivity contribution < 1.29 is 4.74 Å². The third-order valence-electron chi connectivity index (χ3n) is 5.36. The highest BCUT2D eigenvalue weighted by atomic mass is 35.5. The number of aromatic amines is 1. The monoisotopic (exact) mass is 485 g/mol. The Morgan fingerprint density at radius 1 is 1.06 bits per heavy atom. The zero-order valence-corrected chi connectivity index (χ0v) is 19.9. The number of pyridine rings is 1. The molecule has 0 unspecified atom stereocenters. The van der Waals surface area contributed by atoms with Crippen molar-refractivity contribution >= 4 is 44.3 Å². The van der Waals surface area contributed by atoms with E-state index in [2.05, 4.69) is 15.0 Å². The first-order chi connectivity index (χ1) is 16.6. The lowest BCUT2D eigenvalue weighted by Crippen LogP contribution is -2.10. The molecule has 0 amide bonds. The predicted molar refractivity (Wildman–Crippen MR) is 139 cm³/mol. The van der Waals surface area contributed by atoms with Crippen LogP contribution in [0.3, 0.4) is 0 Å². The summed E-state index contributed by atoms with van der Waals surface area (Å²) in [6, 6.07) is 21.3. The summed E-state index contributed by atoms with van der Waals surface area (Å²) in [5, 5.41) is 0.953. The Morgan fingerprint density at radius 2 is 1.79 bits per heavy atom. The van der Waals surface area contributed by atoms with Gasteiger partial charge in [0.15, 0.2) is 5.82 Å². The number of aromatic nitrogens is 3. The van der Waals surface area contributed by atoms with Crippen molar-refractivity contribution in [3.63, 3.8) is 0 Å². The molecular formula is C27H20ClN3O2S. The number of benzene rings is 2. The van der Waals surface area contributed by atoms with Gasteiger partial charge in [-0.3, -0.25) is 9.78 Å². The number of H-pyrrole nitrogens is 1. The van der Waals surface area contributed by atoms with Gasteiger partial charge >= 0.3 is 0 Å². The first kappa shape index (κ1) is 22.1. The van der Waals surface area contributed by atoms with Gasteiger partial charge in [-0.05, 0) is 54.0 Å². The molecule has 3 heterocycles. The molecule has 2 aromatic carbocycles. The number of fused-ring (bicyclic) bond motifs is 1. The lowest BCUT2D eigenvalue weighted by molar-refractivity contribution is 0.306. The number of rotatable bonds is 6. The minimum absolute atomic E-state index is 0.199. The zero-order valence-electron chi connectivity index (χ0n) is 18.3. The smallest absolute Gasteiger partial charge is 0.260 e. The quantitative estimate of drug-likeness (QED) is 0.291. The van der Waals surface area contributed by atoms with E-state index in [-0.39, 0.29) is 5.56 Å². The molecule has 168 valence electrons. The Balaban J connectivity index is 1.39. The number of thiophene rings is 1. The minimum atomic E-state index is -0.199. The van der Waals surface area contributed by atoms with Crippen molar-refractivity contribution in [2.45, 2.75) is 13.5 Å². The van der Waals surface area contributed by atoms with E-state index in [1.165, 1.54) is 11.3 Å². The van der Waals surface area contributed by atoms with Gasteiger partial charge in [0.05, 0.1) is 10.4 Å². The van der Waals surface area contributed by atoms with E-state index in [0.29, 0.717) is 27.7 Å². The SMILES string of the molecule is Cc1sc2nc(/C(Cl)=C/c3ccc(OCc4ccncc4)cc3)[nH]c(=O)c2c1-c1ccccc1. The molecule has 1 N–H and O–H groups in total. The molecule has 3 aromatic heterocycles. The molecule has 5 rings (SSSR count). The van der Waals surface area contributed by atoms with Gasteiger partial charge in [0.2, 0.25) is 0 Å². The molecule has 0 fully saturated rings. The van der Waals surface area contributed by atoms with Crippen LogP contribution in [0.25, 0.3) is 32.5 Å². The van der Waals surface area contributed by atoms with Gasteiger partial charge in [-0.2, -0.15) is 0 Å². The van der Waals surface area contributed by atoms with Crippen LogP contribution in [0, 0.1) is 6.92 Å². The lowest BCUT2D eigenvalue weighted by Gasteiger charge is -2.06. The minimum Gasteiger partial charge on any atom is -0.489 e. The van der Waals surface area contributed by atoms with Crippen LogP contribution in [0.15, 0.2) is 83.9 Å². The van der Waals surface area contributed by atoms with E-state index in [1.54, 1.807) is 18.5 Å². The van der Waals surface area contributed by atoms with E-state index in [4.69, 9.17) is 16.3 Å². The van der Waals surface area contributed by atoms with Crippen LogP contribution >= 0.6 is 22.9 Å². The number of hydrogen-bond acceptors (Lipinski definition) is 5. The molecule has 0 aliphatic rings. The number of halogens is 1. The van der Waals surface area contributed by atoms with Gasteiger partial charge in [0, 0.05) is 22.8 Å². The molecule has 0 aliphatic carbocycles. The highest BCUT2D eigenvalue weighted by Gasteiger charge is 2.17. The Bertz CT molecular complexity index is 1530. The Hall–Kier alpha value is -3.74. The second-order valence-electron chi connectivity index (χ2n) is 7.70. The van der Waals surface area contributed by atoms with E-state index in [9.17, 15) is 4.79 Å². The Kier molecular flexibility index (Phi) is 6.25. The fraction of sp³-hybridized carbons (Fsp3) is 0.0741. The van der Waals surface area contributed by atoms with Gasteiger partial charge in [-0.1, -0.05) is 54.1 Å². The van der Waals surface area contributed by atoms with Gasteiger partial charge in [-0.15, -0.1) is 11.3 Å². The summed E-state index contributed by atoms with van der Waals surface area (Å²) in [4.78, 5) is 26.2. The molecule has 5 aromatic rings. The normalized spacial score (nSPS) is 11.6. The predicted octanol–water partition coefficient (Wildman–Crippen LogP) is 6.67. The summed E-state index contributed by atoms with van der Waals surface area (Å²) in [5.41, 5.74) is 3.64. The van der Waals surface area contributed by atoms with Gasteiger partial charge in [0.1, 0.15) is 17.2 Å². The van der Waals surface area contributed by atoms with Crippen LogP contribution in [-0.4, -0.2) is 15.0 Å². The fourth-order valence-corrected chi connectivity index (χ4v) is 4.97. The molecule has 0 bridgehead atoms. The van der Waals surface area contributed by atoms with Crippen molar-refractivity contribution in [3.8, 4) is 16.9 Å². The van der Waals surface area contributed by atoms with E-state index in [1.807, 2.05) is 73.7 Å². The summed E-state index contributed by atoms with van der Waals surface area (Å²) in [6.45, 7) is 2.47. The summed E-state index contributed by atoms with van der Waals surface area (Å²) in [5.74, 6) is 1.10. The topological polar surface area (TPSA) is 67.9 Å². The maximum Gasteiger partial charge on any atom is 0.260 e. The third-order valence-corrected chi connectivity index (χ3v) is 6.64. The van der Waals surface area contributed by atoms with Crippen LogP contribution in [-0.2, 0) is 6.61 Å². The molecular weight excluding hydrogens is 466 g/mol. The highest BCUT2D eigenvalue weighted by molar-refractivity contribution is 7.19. The standard InChI is InChI=1S/C27H20ClN3O2S/c1-17-23(20-5-3-2-4-6-20)24-26(32)30-25(31-27(24)34-17)22(28)15-18-7-9-21(10-8-18)33-16-19-11-13-29-14-12-19/h2-15H,16H2,1H3,(H,30,31,32)/b22-15-. The molecule has 7 heteroatoms. The number of nitrogens with one attached hydrogen (secondary N) is 1. The largest absolute Gasteiger partial charge is 0.489 e. The summed E-state index contributed by atoms with van der Waals surface area (Å²) < 4.78 is 5.81. The maximum atomic E-state index is 13.0. The van der Waals surface area contributed by atoms with E-state index in [0.717, 1.165) is 32.9 Å². The first-order valence-corrected chi connectivity index (χ1v) is 11.9. The molecule has 0 aliphatic heterocycles. The van der Waals surface area contributed by atoms with Crippen LogP contribution < -0.4 is 10.3 Å². The molecule has 5 nitrogen and oxygen atoms in total. The summed E-state index contributed by atoms with van der Waals surface area (Å²) >= 11 is 8.05. The number of aryl methyl sites for hydroxylation is 1. The van der Waals surface area contributed by atoms with Crippen LogP contribution in [0.4, 0.5) is 0 Å². The number of nitrogens with zero attached hydrogens (tertiary/aromatic N) is 2. The van der Waals surface area contributed by atoms with Crippen LogP contribution in [0.5, 0.6) is 5.75 Å². The van der Waals surface area contributed by atoms with Crippen molar-refractivity contribution in [1.82, 2.24) is 15.0 Å². The number of ether oxygens (including phenoxy) is 1. The molecule has 34 heavy (non-hydrogen) atoms. The van der Waals surface area contributed by atoms with Crippen LogP contribution in [0.2, 0.25) is 0 Å². The van der Waals surface area contributed by atoms with Gasteiger partial charge in [0.25, 0.3) is 5.56 Å². The number of hydrogen-bond donors (Lipinski definition) is 1. The summed E-state index contributed by atoms with van der Waals surface area (Å²) in [7, 11) is 0. The summed E-state index contributed by atoms with van der Waals surface area (Å²) in [6.07, 6.45) is 5.26. The molecule has 0 radical (unpaired) electrons. The van der Waals surface area contributed by atoms with E-state index >= 15 is 0 Å². The Labute approximate surface area is 205 Å². The fourth-order valence-electron chi connectivity index (χ4n) is 3.71. The van der Waals surface area contributed by atoms with Crippen molar-refractivity contribution in [1.29, 1.82) is 0 Å². The third kappa shape index (κ3) is 4.64. The van der Waals surface area contributed by atoms with Gasteiger partial charge < -0.3 is 9.72 Å². The second kappa shape index (κ2) is 9.63. The maximum absolute atomic E-state index is 13.0. The zero-order chi connectivity index (χ0) is 23.5. The first-order valence-electron chi connectivity index (χ1n) is 10.7. The average Bonchev–Trinajstić information content (AvgIpc) is 3.21. The lowest BCUT2D eigenvalue weighted by atomic mass is 10.0. The average molecular weight is 486 g/mol. The molecule has 0 spiro atoms. The highest BCUT2D eigenvalue weighted by Crippen LogP contribution is 2.36. The second-order valence-corrected chi connectivity index (χ2v) is 9.31. The Morgan fingerprint density at radius 3 is 2.53 bits per heavy atom. The van der Waals surface area contributed by atoms with Crippen LogP contribution in [0.1, 0.15) is 21.8 Å². The molecule has 0 saturated carbocycles. The van der Waals surface area contributed by atoms with Crippen molar-refractivity contribution in [3.05, 3.63) is 111 Å². The molecule has 0 saturated heterocycles. The van der Waals surface area contributed by atoms with Crippen molar-refractivity contribution in [2.75, 3.05) is 0 Å². The molecule has 0 atom stereocenters. The van der Waals surface area contributed by atoms with E-state index < -0.39 is 0 Å². The van der Waals surface area contributed by atoms with Crippen molar-refractivity contribution in [2.24, 2.45) is 0 Å². The van der Waals surface area contributed by atoms with Gasteiger partial charge in [-0.25, -0.2) is 4.98 Å².